The second-order valence-electron chi connectivity index (χ2n) is 3.75. The Hall–Kier alpha value is -2.32. The fraction of sp³-hybridized carbons (Fsp3) is 0.364. The molecule has 0 spiro atoms. The van der Waals surface area contributed by atoms with Crippen LogP contribution in [0.4, 0.5) is 29.3 Å². The van der Waals surface area contributed by atoms with Gasteiger partial charge in [0.15, 0.2) is 0 Å². The molecule has 0 atom stereocenters. The Morgan fingerprint density at radius 3 is 2.60 bits per heavy atom. The first-order valence-corrected chi connectivity index (χ1v) is 5.55. The van der Waals surface area contributed by atoms with Gasteiger partial charge in [0.2, 0.25) is 0 Å². The summed E-state index contributed by atoms with van der Waals surface area (Å²) in [4.78, 5) is 20.8. The van der Waals surface area contributed by atoms with E-state index in [1.807, 2.05) is 5.32 Å². The zero-order chi connectivity index (χ0) is 15.3. The number of halogens is 3. The molecule has 1 aromatic carbocycles. The number of rotatable bonds is 4. The number of carbonyl (C=O) groups is 1. The van der Waals surface area contributed by atoms with Crippen molar-refractivity contribution in [1.29, 1.82) is 0 Å². The number of nitrogens with one attached hydrogen (secondary N) is 1. The highest BCUT2D eigenvalue weighted by Crippen LogP contribution is 2.37. The molecule has 0 aliphatic carbocycles. The molecule has 0 radical (unpaired) electrons. The average Bonchev–Trinajstić information content (AvgIpc) is 2.35. The molecule has 1 aromatic rings. The average molecular weight is 292 g/mol. The van der Waals surface area contributed by atoms with E-state index in [4.69, 9.17) is 0 Å². The Labute approximate surface area is 111 Å². The minimum Gasteiger partial charge on any atom is -0.449 e. The molecule has 0 bridgehead atoms. The molecule has 0 saturated heterocycles. The Morgan fingerprint density at radius 2 is 2.10 bits per heavy atom. The van der Waals surface area contributed by atoms with Crippen LogP contribution in [-0.2, 0) is 10.9 Å². The van der Waals surface area contributed by atoms with Gasteiger partial charge in [-0.25, -0.2) is 4.79 Å². The molecule has 1 N–H and O–H groups in total. The maximum atomic E-state index is 12.8. The lowest BCUT2D eigenvalue weighted by molar-refractivity contribution is -0.385. The molecular weight excluding hydrogens is 281 g/mol. The lowest BCUT2D eigenvalue weighted by atomic mass is 10.1. The van der Waals surface area contributed by atoms with Crippen molar-refractivity contribution in [3.05, 3.63) is 33.9 Å². The molecule has 0 fully saturated rings. The highest BCUT2D eigenvalue weighted by molar-refractivity contribution is 5.86. The SMILES string of the molecule is CCCOC(=O)Nc1ccc([N+](=O)[O-])cc1C(F)(F)F. The Bertz CT molecular complexity index is 517. The number of nitro benzene ring substituents is 1. The first kappa shape index (κ1) is 15.7. The third kappa shape index (κ3) is 4.11. The Kier molecular flexibility index (Phi) is 4.89. The number of amides is 1. The summed E-state index contributed by atoms with van der Waals surface area (Å²) < 4.78 is 42.9. The number of carbonyl (C=O) groups excluding carboxylic acids is 1. The number of nitrogens with zero attached hydrogens (tertiary/aromatic N) is 1. The van der Waals surface area contributed by atoms with Crippen molar-refractivity contribution in [2.24, 2.45) is 0 Å². The maximum Gasteiger partial charge on any atom is 0.418 e. The molecule has 20 heavy (non-hydrogen) atoms. The van der Waals surface area contributed by atoms with E-state index in [1.165, 1.54) is 0 Å². The van der Waals surface area contributed by atoms with Crippen molar-refractivity contribution in [3.63, 3.8) is 0 Å². The van der Waals surface area contributed by atoms with Gasteiger partial charge in [0.25, 0.3) is 5.69 Å². The fourth-order valence-corrected chi connectivity index (χ4v) is 1.33. The zero-order valence-corrected chi connectivity index (χ0v) is 10.4. The van der Waals surface area contributed by atoms with Gasteiger partial charge in [-0.05, 0) is 12.5 Å². The molecule has 0 aliphatic heterocycles. The molecule has 1 rings (SSSR count). The van der Waals surface area contributed by atoms with Gasteiger partial charge in [0, 0.05) is 12.1 Å². The molecule has 0 saturated carbocycles. The molecule has 0 aliphatic rings. The van der Waals surface area contributed by atoms with E-state index in [-0.39, 0.29) is 6.61 Å². The minimum atomic E-state index is -4.83. The molecule has 0 unspecified atom stereocenters. The number of anilines is 1. The van der Waals surface area contributed by atoms with Gasteiger partial charge in [0.1, 0.15) is 0 Å². The van der Waals surface area contributed by atoms with Crippen LogP contribution in [0.15, 0.2) is 18.2 Å². The zero-order valence-electron chi connectivity index (χ0n) is 10.4. The number of nitro groups is 1. The van der Waals surface area contributed by atoms with Crippen LogP contribution in [-0.4, -0.2) is 17.6 Å². The predicted molar refractivity (Wildman–Crippen MR) is 63.4 cm³/mol. The number of ether oxygens (including phenoxy) is 1. The number of alkyl halides is 3. The van der Waals surface area contributed by atoms with Crippen LogP contribution in [0.2, 0.25) is 0 Å². The predicted octanol–water partition coefficient (Wildman–Crippen LogP) is 3.57. The van der Waals surface area contributed by atoms with Gasteiger partial charge in [-0.15, -0.1) is 0 Å². The van der Waals surface area contributed by atoms with Gasteiger partial charge < -0.3 is 4.74 Å². The van der Waals surface area contributed by atoms with Crippen molar-refractivity contribution in [2.75, 3.05) is 11.9 Å². The van der Waals surface area contributed by atoms with Crippen LogP contribution in [0.3, 0.4) is 0 Å². The van der Waals surface area contributed by atoms with E-state index in [2.05, 4.69) is 4.74 Å². The van der Waals surface area contributed by atoms with Crippen LogP contribution in [0.25, 0.3) is 0 Å². The van der Waals surface area contributed by atoms with E-state index in [0.717, 1.165) is 12.1 Å². The van der Waals surface area contributed by atoms with Gasteiger partial charge >= 0.3 is 12.3 Å². The molecule has 9 heteroatoms. The largest absolute Gasteiger partial charge is 0.449 e. The fourth-order valence-electron chi connectivity index (χ4n) is 1.33. The number of non-ortho nitro benzene ring substituents is 1. The summed E-state index contributed by atoms with van der Waals surface area (Å²) in [6.45, 7) is 1.78. The van der Waals surface area contributed by atoms with Crippen molar-refractivity contribution in [1.82, 2.24) is 0 Å². The highest BCUT2D eigenvalue weighted by atomic mass is 19.4. The third-order valence-electron chi connectivity index (χ3n) is 2.19. The number of hydrogen-bond donors (Lipinski definition) is 1. The molecule has 110 valence electrons. The van der Waals surface area contributed by atoms with E-state index >= 15 is 0 Å². The number of benzene rings is 1. The second kappa shape index (κ2) is 6.22. The van der Waals surface area contributed by atoms with Crippen molar-refractivity contribution < 1.29 is 27.6 Å². The van der Waals surface area contributed by atoms with E-state index in [0.29, 0.717) is 12.5 Å². The van der Waals surface area contributed by atoms with E-state index in [9.17, 15) is 28.1 Å². The number of hydrogen-bond acceptors (Lipinski definition) is 4. The lowest BCUT2D eigenvalue weighted by Gasteiger charge is -2.13. The summed E-state index contributed by atoms with van der Waals surface area (Å²) in [5.74, 6) is 0. The van der Waals surface area contributed by atoms with E-state index in [1.54, 1.807) is 6.92 Å². The summed E-state index contributed by atoms with van der Waals surface area (Å²) in [5.41, 5.74) is -2.62. The van der Waals surface area contributed by atoms with Gasteiger partial charge in [0.05, 0.1) is 22.8 Å². The summed E-state index contributed by atoms with van der Waals surface area (Å²) in [6, 6.07) is 2.04. The third-order valence-corrected chi connectivity index (χ3v) is 2.19. The van der Waals surface area contributed by atoms with Crippen molar-refractivity contribution >= 4 is 17.5 Å². The van der Waals surface area contributed by atoms with Gasteiger partial charge in [-0.3, -0.25) is 15.4 Å². The monoisotopic (exact) mass is 292 g/mol. The van der Waals surface area contributed by atoms with Crippen molar-refractivity contribution in [2.45, 2.75) is 19.5 Å². The summed E-state index contributed by atoms with van der Waals surface area (Å²) in [6.07, 6.45) is -5.37. The van der Waals surface area contributed by atoms with Crippen LogP contribution in [0.1, 0.15) is 18.9 Å². The summed E-state index contributed by atoms with van der Waals surface area (Å²) in [7, 11) is 0. The minimum absolute atomic E-state index is 0.0557. The van der Waals surface area contributed by atoms with Crippen molar-refractivity contribution in [3.8, 4) is 0 Å². The first-order chi connectivity index (χ1) is 9.25. The topological polar surface area (TPSA) is 81.5 Å². The molecule has 1 amide bonds. The second-order valence-corrected chi connectivity index (χ2v) is 3.75. The highest BCUT2D eigenvalue weighted by Gasteiger charge is 2.35. The quantitative estimate of drug-likeness (QED) is 0.679. The van der Waals surface area contributed by atoms with Gasteiger partial charge in [-0.2, -0.15) is 13.2 Å². The van der Waals surface area contributed by atoms with Crippen LogP contribution < -0.4 is 5.32 Å². The molecule has 6 nitrogen and oxygen atoms in total. The van der Waals surface area contributed by atoms with Crippen LogP contribution in [0, 0.1) is 10.1 Å². The van der Waals surface area contributed by atoms with Crippen LogP contribution >= 0.6 is 0 Å². The normalized spacial score (nSPS) is 11.0. The van der Waals surface area contributed by atoms with Gasteiger partial charge in [-0.1, -0.05) is 6.92 Å². The first-order valence-electron chi connectivity index (χ1n) is 5.55. The standard InChI is InChI=1S/C11H11F3N2O4/c1-2-5-20-10(17)15-9-4-3-7(16(18)19)6-8(9)11(12,13)14/h3-4,6H,2,5H2,1H3,(H,15,17). The summed E-state index contributed by atoms with van der Waals surface area (Å²) in [5, 5.41) is 12.4. The lowest BCUT2D eigenvalue weighted by Crippen LogP contribution is -2.18. The summed E-state index contributed by atoms with van der Waals surface area (Å²) >= 11 is 0. The Balaban J connectivity index is 3.06. The van der Waals surface area contributed by atoms with Crippen LogP contribution in [0.5, 0.6) is 0 Å². The Morgan fingerprint density at radius 1 is 1.45 bits per heavy atom. The molecule has 0 heterocycles. The molecular formula is C11H11F3N2O4. The molecule has 0 aromatic heterocycles. The maximum absolute atomic E-state index is 12.8. The smallest absolute Gasteiger partial charge is 0.418 e. The van der Waals surface area contributed by atoms with E-state index < -0.39 is 34.1 Å².